The quantitative estimate of drug-likeness (QED) is 0.722. The molecule has 2 heterocycles. The fourth-order valence-electron chi connectivity index (χ4n) is 6.06. The molecule has 4 atom stereocenters. The van der Waals surface area contributed by atoms with E-state index in [1.54, 1.807) is 12.1 Å². The van der Waals surface area contributed by atoms with Crippen LogP contribution in [-0.4, -0.2) is 40.2 Å². The van der Waals surface area contributed by atoms with E-state index < -0.39 is 0 Å². The van der Waals surface area contributed by atoms with Gasteiger partial charge in [-0.3, -0.25) is 0 Å². The fraction of sp³-hybridized carbons (Fsp3) is 0.625. The number of para-hydroxylation sites is 1. The van der Waals surface area contributed by atoms with Crippen molar-refractivity contribution >= 4 is 0 Å². The van der Waals surface area contributed by atoms with E-state index in [1.165, 1.54) is 51.4 Å². The molecule has 1 aromatic heterocycles. The van der Waals surface area contributed by atoms with E-state index in [-0.39, 0.29) is 18.0 Å². The van der Waals surface area contributed by atoms with Crippen LogP contribution in [0.15, 0.2) is 36.7 Å². The maximum absolute atomic E-state index is 14.3. The Balaban J connectivity index is 1.35. The van der Waals surface area contributed by atoms with Gasteiger partial charge in [-0.15, -0.1) is 0 Å². The molecule has 5 heteroatoms. The minimum absolute atomic E-state index is 0.0209. The predicted molar refractivity (Wildman–Crippen MR) is 111 cm³/mol. The summed E-state index contributed by atoms with van der Waals surface area (Å²) in [6.07, 6.45) is 11.6. The smallest absolute Gasteiger partial charge is 0.165 e. The molecule has 3 fully saturated rings. The third kappa shape index (κ3) is 3.94. The second-order valence-electron chi connectivity index (χ2n) is 9.40. The van der Waals surface area contributed by atoms with Crippen LogP contribution in [0.3, 0.4) is 0 Å². The van der Waals surface area contributed by atoms with E-state index >= 15 is 0 Å². The van der Waals surface area contributed by atoms with Crippen molar-refractivity contribution < 1.29 is 9.13 Å². The standard InChI is InChI=1S/C24H32FN3O/c1-17-26-10-11-28(17)22-12-19-15-27(14-18-6-2-3-7-18)16-20(19)13-24(22)29-23-9-5-4-8-21(23)25/h4-5,8-11,18-20,22,24H,2-3,6-7,12-16H2,1H3/t19-,20+,22-,24-/m0/s1. The van der Waals surface area contributed by atoms with Gasteiger partial charge in [0, 0.05) is 32.0 Å². The van der Waals surface area contributed by atoms with Crippen molar-refractivity contribution in [3.8, 4) is 5.75 Å². The maximum atomic E-state index is 14.3. The number of nitrogens with zero attached hydrogens (tertiary/aromatic N) is 3. The molecular weight excluding hydrogens is 365 g/mol. The van der Waals surface area contributed by atoms with E-state index in [1.807, 2.05) is 19.2 Å². The Bertz CT molecular complexity index is 831. The minimum Gasteiger partial charge on any atom is -0.485 e. The van der Waals surface area contributed by atoms with E-state index in [2.05, 4.69) is 20.6 Å². The van der Waals surface area contributed by atoms with Crippen molar-refractivity contribution in [2.45, 2.75) is 57.6 Å². The minimum atomic E-state index is -0.273. The SMILES string of the molecule is Cc1nccn1[C@H]1C[C@H]2CN(CC3CCCC3)C[C@H]2C[C@@H]1Oc1ccccc1F. The normalized spacial score (nSPS) is 30.6. The Morgan fingerprint density at radius 2 is 1.86 bits per heavy atom. The Kier molecular flexibility index (Phi) is 5.33. The zero-order valence-corrected chi connectivity index (χ0v) is 17.3. The molecule has 0 N–H and O–H groups in total. The molecule has 4 nitrogen and oxygen atoms in total. The van der Waals surface area contributed by atoms with Gasteiger partial charge in [0.05, 0.1) is 6.04 Å². The number of ether oxygens (including phenoxy) is 1. The first kappa shape index (κ1) is 19.1. The number of halogens is 1. The molecule has 0 spiro atoms. The van der Waals surface area contributed by atoms with Crippen LogP contribution in [0.2, 0.25) is 0 Å². The van der Waals surface area contributed by atoms with Gasteiger partial charge in [0.25, 0.3) is 0 Å². The summed E-state index contributed by atoms with van der Waals surface area (Å²) < 4.78 is 22.9. The van der Waals surface area contributed by atoms with Crippen LogP contribution in [0.5, 0.6) is 5.75 Å². The molecule has 0 amide bonds. The Morgan fingerprint density at radius 1 is 1.10 bits per heavy atom. The number of imidazole rings is 1. The lowest BCUT2D eigenvalue weighted by Gasteiger charge is -2.39. The van der Waals surface area contributed by atoms with Crippen molar-refractivity contribution in [3.63, 3.8) is 0 Å². The van der Waals surface area contributed by atoms with E-state index in [9.17, 15) is 4.39 Å². The highest BCUT2D eigenvalue weighted by Gasteiger charge is 2.44. The number of rotatable bonds is 5. The Hall–Kier alpha value is -1.88. The summed E-state index contributed by atoms with van der Waals surface area (Å²) in [6, 6.07) is 7.01. The molecule has 1 aromatic carbocycles. The Morgan fingerprint density at radius 3 is 2.59 bits per heavy atom. The highest BCUT2D eigenvalue weighted by molar-refractivity contribution is 5.24. The molecule has 1 saturated heterocycles. The number of fused-ring (bicyclic) bond motifs is 1. The molecule has 1 aliphatic heterocycles. The van der Waals surface area contributed by atoms with Gasteiger partial charge in [-0.1, -0.05) is 25.0 Å². The third-order valence-electron chi connectivity index (χ3n) is 7.49. The first-order chi connectivity index (χ1) is 14.2. The zero-order valence-electron chi connectivity index (χ0n) is 17.3. The van der Waals surface area contributed by atoms with Crippen molar-refractivity contribution in [2.24, 2.45) is 17.8 Å². The maximum Gasteiger partial charge on any atom is 0.165 e. The molecule has 0 radical (unpaired) electrons. The van der Waals surface area contributed by atoms with Crippen molar-refractivity contribution in [1.29, 1.82) is 0 Å². The summed E-state index contributed by atoms with van der Waals surface area (Å²) in [5.74, 6) is 3.35. The molecule has 0 unspecified atom stereocenters. The van der Waals surface area contributed by atoms with Gasteiger partial charge in [0.1, 0.15) is 11.9 Å². The van der Waals surface area contributed by atoms with Crippen molar-refractivity contribution in [2.75, 3.05) is 19.6 Å². The highest BCUT2D eigenvalue weighted by atomic mass is 19.1. The van der Waals surface area contributed by atoms with E-state index in [4.69, 9.17) is 4.74 Å². The third-order valence-corrected chi connectivity index (χ3v) is 7.49. The van der Waals surface area contributed by atoms with Crippen LogP contribution < -0.4 is 4.74 Å². The number of likely N-dealkylation sites (tertiary alicyclic amines) is 1. The summed E-state index contributed by atoms with van der Waals surface area (Å²) in [6.45, 7) is 5.69. The summed E-state index contributed by atoms with van der Waals surface area (Å²) in [5.41, 5.74) is 0. The van der Waals surface area contributed by atoms with E-state index in [0.717, 1.165) is 24.6 Å². The number of hydrogen-bond donors (Lipinski definition) is 0. The molecule has 3 aliphatic rings. The first-order valence-corrected chi connectivity index (χ1v) is 11.3. The predicted octanol–water partition coefficient (Wildman–Crippen LogP) is 4.85. The molecule has 29 heavy (non-hydrogen) atoms. The average Bonchev–Trinajstić information content (AvgIpc) is 3.44. The number of aromatic nitrogens is 2. The van der Waals surface area contributed by atoms with Crippen LogP contribution in [-0.2, 0) is 0 Å². The Labute approximate surface area is 173 Å². The number of hydrogen-bond acceptors (Lipinski definition) is 3. The summed E-state index contributed by atoms with van der Waals surface area (Å²) in [7, 11) is 0. The summed E-state index contributed by atoms with van der Waals surface area (Å²) >= 11 is 0. The molecule has 156 valence electrons. The monoisotopic (exact) mass is 397 g/mol. The van der Waals surface area contributed by atoms with Gasteiger partial charge in [-0.05, 0) is 62.5 Å². The van der Waals surface area contributed by atoms with Crippen LogP contribution >= 0.6 is 0 Å². The summed E-state index contributed by atoms with van der Waals surface area (Å²) in [5, 5.41) is 0. The largest absolute Gasteiger partial charge is 0.485 e. The second kappa shape index (κ2) is 8.10. The van der Waals surface area contributed by atoms with Crippen molar-refractivity contribution in [3.05, 3.63) is 48.3 Å². The van der Waals surface area contributed by atoms with Crippen molar-refractivity contribution in [1.82, 2.24) is 14.5 Å². The lowest BCUT2D eigenvalue weighted by molar-refractivity contribution is 0.0509. The average molecular weight is 398 g/mol. The van der Waals surface area contributed by atoms with Crippen LogP contribution in [0.4, 0.5) is 4.39 Å². The second-order valence-corrected chi connectivity index (χ2v) is 9.40. The number of aryl methyl sites for hydroxylation is 1. The van der Waals surface area contributed by atoms with Crippen LogP contribution in [0.25, 0.3) is 0 Å². The van der Waals surface area contributed by atoms with Crippen LogP contribution in [0.1, 0.15) is 50.4 Å². The molecular formula is C24H32FN3O. The van der Waals surface area contributed by atoms with Gasteiger partial charge >= 0.3 is 0 Å². The fourth-order valence-corrected chi connectivity index (χ4v) is 6.06. The van der Waals surface area contributed by atoms with Gasteiger partial charge in [-0.25, -0.2) is 9.37 Å². The zero-order chi connectivity index (χ0) is 19.8. The number of benzene rings is 1. The van der Waals surface area contributed by atoms with Gasteiger partial charge in [-0.2, -0.15) is 0 Å². The van der Waals surface area contributed by atoms with Gasteiger partial charge in [0.2, 0.25) is 0 Å². The lowest BCUT2D eigenvalue weighted by atomic mass is 9.77. The summed E-state index contributed by atoms with van der Waals surface area (Å²) in [4.78, 5) is 7.15. The van der Waals surface area contributed by atoms with Gasteiger partial charge < -0.3 is 14.2 Å². The first-order valence-electron chi connectivity index (χ1n) is 11.3. The topological polar surface area (TPSA) is 30.3 Å². The molecule has 2 saturated carbocycles. The van der Waals surface area contributed by atoms with Crippen LogP contribution in [0, 0.1) is 30.5 Å². The molecule has 2 aromatic rings. The molecule has 0 bridgehead atoms. The molecule has 5 rings (SSSR count). The lowest BCUT2D eigenvalue weighted by Crippen LogP contribution is -2.40. The molecule has 2 aliphatic carbocycles. The highest BCUT2D eigenvalue weighted by Crippen LogP contribution is 2.44. The van der Waals surface area contributed by atoms with Gasteiger partial charge in [0.15, 0.2) is 11.6 Å². The van der Waals surface area contributed by atoms with E-state index in [0.29, 0.717) is 17.6 Å².